The predicted octanol–water partition coefficient (Wildman–Crippen LogP) is 3.97. The fourth-order valence-corrected chi connectivity index (χ4v) is 2.40. The van der Waals surface area contributed by atoms with Gasteiger partial charge in [-0.2, -0.15) is 0 Å². The van der Waals surface area contributed by atoms with Crippen molar-refractivity contribution in [1.82, 2.24) is 9.55 Å². The van der Waals surface area contributed by atoms with E-state index in [0.29, 0.717) is 22.8 Å². The molecule has 0 aliphatic carbocycles. The molecule has 0 aliphatic rings. The van der Waals surface area contributed by atoms with Crippen molar-refractivity contribution in [3.8, 4) is 11.4 Å². The molecular formula is C16H13ClFN3. The summed E-state index contributed by atoms with van der Waals surface area (Å²) in [5.41, 5.74) is 8.09. The molecule has 0 unspecified atom stereocenters. The van der Waals surface area contributed by atoms with Gasteiger partial charge < -0.3 is 10.3 Å². The highest BCUT2D eigenvalue weighted by Crippen LogP contribution is 2.23. The molecule has 21 heavy (non-hydrogen) atoms. The Morgan fingerprint density at radius 3 is 2.86 bits per heavy atom. The Hall–Kier alpha value is -2.33. The fraction of sp³-hybridized carbons (Fsp3) is 0.0625. The van der Waals surface area contributed by atoms with Crippen LogP contribution >= 0.6 is 11.6 Å². The number of aromatic nitrogens is 2. The Bertz CT molecular complexity index is 783. The van der Waals surface area contributed by atoms with Crippen molar-refractivity contribution in [3.63, 3.8) is 0 Å². The van der Waals surface area contributed by atoms with E-state index in [0.717, 1.165) is 11.4 Å². The number of nitrogen functional groups attached to an aromatic ring is 1. The molecule has 1 aromatic heterocycles. The van der Waals surface area contributed by atoms with Gasteiger partial charge in [0.25, 0.3) is 0 Å². The summed E-state index contributed by atoms with van der Waals surface area (Å²) in [7, 11) is 0. The summed E-state index contributed by atoms with van der Waals surface area (Å²) in [5, 5.41) is 0.531. The molecule has 0 bridgehead atoms. The van der Waals surface area contributed by atoms with Crippen LogP contribution in [0.2, 0.25) is 5.02 Å². The number of benzene rings is 2. The lowest BCUT2D eigenvalue weighted by Crippen LogP contribution is -2.02. The van der Waals surface area contributed by atoms with Crippen LogP contribution in [0.25, 0.3) is 11.4 Å². The molecule has 0 aliphatic heterocycles. The maximum Gasteiger partial charge on any atom is 0.140 e. The monoisotopic (exact) mass is 301 g/mol. The number of rotatable bonds is 3. The topological polar surface area (TPSA) is 43.8 Å². The molecule has 0 atom stereocenters. The molecule has 0 spiro atoms. The van der Waals surface area contributed by atoms with E-state index in [2.05, 4.69) is 4.98 Å². The van der Waals surface area contributed by atoms with E-state index in [1.807, 2.05) is 35.0 Å². The fourth-order valence-electron chi connectivity index (χ4n) is 2.22. The normalized spacial score (nSPS) is 10.8. The molecule has 3 nitrogen and oxygen atoms in total. The van der Waals surface area contributed by atoms with Gasteiger partial charge in [0.2, 0.25) is 0 Å². The van der Waals surface area contributed by atoms with Crippen LogP contribution in [0, 0.1) is 5.82 Å². The number of nitrogens with two attached hydrogens (primary N) is 1. The third kappa shape index (κ3) is 2.90. The van der Waals surface area contributed by atoms with Crippen molar-refractivity contribution >= 4 is 17.3 Å². The summed E-state index contributed by atoms with van der Waals surface area (Å²) in [6, 6.07) is 11.8. The Morgan fingerprint density at radius 1 is 1.19 bits per heavy atom. The maximum atomic E-state index is 13.4. The molecule has 3 rings (SSSR count). The number of hydrogen-bond donors (Lipinski definition) is 1. The third-order valence-corrected chi connectivity index (χ3v) is 3.58. The molecule has 0 saturated carbocycles. The van der Waals surface area contributed by atoms with E-state index in [1.165, 1.54) is 12.1 Å². The van der Waals surface area contributed by atoms with Gasteiger partial charge in [0, 0.05) is 28.7 Å². The average molecular weight is 302 g/mol. The molecule has 0 saturated heterocycles. The lowest BCUT2D eigenvalue weighted by molar-refractivity contribution is 0.623. The van der Waals surface area contributed by atoms with Gasteiger partial charge in [-0.15, -0.1) is 0 Å². The third-order valence-electron chi connectivity index (χ3n) is 3.21. The lowest BCUT2D eigenvalue weighted by Gasteiger charge is -2.10. The van der Waals surface area contributed by atoms with E-state index >= 15 is 0 Å². The van der Waals surface area contributed by atoms with Crippen molar-refractivity contribution in [2.45, 2.75) is 6.54 Å². The maximum absolute atomic E-state index is 13.4. The van der Waals surface area contributed by atoms with Crippen molar-refractivity contribution in [3.05, 3.63) is 71.3 Å². The zero-order chi connectivity index (χ0) is 14.8. The van der Waals surface area contributed by atoms with Crippen molar-refractivity contribution in [1.29, 1.82) is 0 Å². The van der Waals surface area contributed by atoms with Gasteiger partial charge >= 0.3 is 0 Å². The molecule has 0 fully saturated rings. The van der Waals surface area contributed by atoms with Crippen LogP contribution < -0.4 is 5.73 Å². The Morgan fingerprint density at radius 2 is 2.05 bits per heavy atom. The van der Waals surface area contributed by atoms with E-state index in [4.69, 9.17) is 17.3 Å². The standard InChI is InChI=1S/C16H13ClFN3/c17-15-5-4-13(18)8-12(15)10-21-7-6-20-16(21)11-2-1-3-14(19)9-11/h1-9H,10,19H2. The first-order valence-corrected chi connectivity index (χ1v) is 6.82. The summed E-state index contributed by atoms with van der Waals surface area (Å²) in [6.45, 7) is 0.445. The quantitative estimate of drug-likeness (QED) is 0.744. The number of anilines is 1. The first-order valence-electron chi connectivity index (χ1n) is 6.44. The van der Waals surface area contributed by atoms with Crippen molar-refractivity contribution in [2.75, 3.05) is 5.73 Å². The highest BCUT2D eigenvalue weighted by atomic mass is 35.5. The van der Waals surface area contributed by atoms with Crippen molar-refractivity contribution < 1.29 is 4.39 Å². The number of imidazole rings is 1. The molecule has 2 aromatic carbocycles. The highest BCUT2D eigenvalue weighted by Gasteiger charge is 2.09. The second-order valence-electron chi connectivity index (χ2n) is 4.74. The second-order valence-corrected chi connectivity index (χ2v) is 5.15. The number of nitrogens with zero attached hydrogens (tertiary/aromatic N) is 2. The summed E-state index contributed by atoms with van der Waals surface area (Å²) in [5.74, 6) is 0.461. The van der Waals surface area contributed by atoms with Crippen LogP contribution in [-0.4, -0.2) is 9.55 Å². The van der Waals surface area contributed by atoms with Gasteiger partial charge in [-0.3, -0.25) is 0 Å². The summed E-state index contributed by atoms with van der Waals surface area (Å²) < 4.78 is 15.3. The molecule has 0 amide bonds. The average Bonchev–Trinajstić information content (AvgIpc) is 2.91. The summed E-state index contributed by atoms with van der Waals surface area (Å²) >= 11 is 6.12. The van der Waals surface area contributed by atoms with Gasteiger partial charge in [0.1, 0.15) is 11.6 Å². The minimum atomic E-state index is -0.306. The predicted molar refractivity (Wildman–Crippen MR) is 82.6 cm³/mol. The van der Waals surface area contributed by atoms with Crippen LogP contribution in [0.15, 0.2) is 54.9 Å². The van der Waals surface area contributed by atoms with E-state index in [-0.39, 0.29) is 5.82 Å². The Balaban J connectivity index is 1.98. The van der Waals surface area contributed by atoms with Crippen molar-refractivity contribution in [2.24, 2.45) is 0 Å². The first kappa shape index (κ1) is 13.6. The molecule has 0 radical (unpaired) electrons. The van der Waals surface area contributed by atoms with Crippen LogP contribution in [0.1, 0.15) is 5.56 Å². The van der Waals surface area contributed by atoms with Gasteiger partial charge in [-0.25, -0.2) is 9.37 Å². The van der Waals surface area contributed by atoms with E-state index in [1.54, 1.807) is 12.3 Å². The molecule has 106 valence electrons. The van der Waals surface area contributed by atoms with Gasteiger partial charge in [0.05, 0.1) is 6.54 Å². The smallest absolute Gasteiger partial charge is 0.140 e. The minimum absolute atomic E-state index is 0.306. The number of halogens is 2. The molecule has 3 aromatic rings. The van der Waals surface area contributed by atoms with E-state index < -0.39 is 0 Å². The largest absolute Gasteiger partial charge is 0.399 e. The minimum Gasteiger partial charge on any atom is -0.399 e. The van der Waals surface area contributed by atoms with E-state index in [9.17, 15) is 4.39 Å². The Kier molecular flexibility index (Phi) is 3.62. The van der Waals surface area contributed by atoms with Crippen LogP contribution in [0.4, 0.5) is 10.1 Å². The van der Waals surface area contributed by atoms with Crippen LogP contribution in [0.3, 0.4) is 0 Å². The second kappa shape index (κ2) is 5.58. The SMILES string of the molecule is Nc1cccc(-c2nccn2Cc2cc(F)ccc2Cl)c1. The zero-order valence-corrected chi connectivity index (χ0v) is 11.9. The zero-order valence-electron chi connectivity index (χ0n) is 11.1. The molecule has 1 heterocycles. The van der Waals surface area contributed by atoms with Gasteiger partial charge in [0.15, 0.2) is 0 Å². The molecular weight excluding hydrogens is 289 g/mol. The van der Waals surface area contributed by atoms with Crippen LogP contribution in [0.5, 0.6) is 0 Å². The Labute approximate surface area is 126 Å². The van der Waals surface area contributed by atoms with Gasteiger partial charge in [-0.1, -0.05) is 23.7 Å². The lowest BCUT2D eigenvalue weighted by atomic mass is 10.1. The highest BCUT2D eigenvalue weighted by molar-refractivity contribution is 6.31. The summed E-state index contributed by atoms with van der Waals surface area (Å²) in [6.07, 6.45) is 3.53. The van der Waals surface area contributed by atoms with Crippen LogP contribution in [-0.2, 0) is 6.54 Å². The number of hydrogen-bond acceptors (Lipinski definition) is 2. The van der Waals surface area contributed by atoms with Gasteiger partial charge in [-0.05, 0) is 35.9 Å². The molecule has 5 heteroatoms. The summed E-state index contributed by atoms with van der Waals surface area (Å²) in [4.78, 5) is 4.35. The molecule has 2 N–H and O–H groups in total. The first-order chi connectivity index (χ1) is 10.1.